The Balaban J connectivity index is 2.49. The number of para-hydroxylation sites is 1. The van der Waals surface area contributed by atoms with Crippen LogP contribution in [0.15, 0.2) is 42.6 Å². The third kappa shape index (κ3) is 1.23. The molecule has 2 aromatic heterocycles. The minimum atomic E-state index is 1.05. The molecule has 0 aliphatic carbocycles. The van der Waals surface area contributed by atoms with Crippen LogP contribution in [0.4, 0.5) is 0 Å². The van der Waals surface area contributed by atoms with E-state index in [1.807, 2.05) is 12.3 Å². The van der Waals surface area contributed by atoms with Crippen LogP contribution in [0.1, 0.15) is 13.3 Å². The maximum atomic E-state index is 4.49. The van der Waals surface area contributed by atoms with Crippen molar-refractivity contribution >= 4 is 21.9 Å². The fraction of sp³-hybridized carbons (Fsp3) is 0.214. The van der Waals surface area contributed by atoms with Gasteiger partial charge in [0, 0.05) is 18.1 Å². The summed E-state index contributed by atoms with van der Waals surface area (Å²) < 4.78 is 2.36. The Hall–Kier alpha value is -1.83. The van der Waals surface area contributed by atoms with Gasteiger partial charge < -0.3 is 4.57 Å². The lowest BCUT2D eigenvalue weighted by atomic mass is 10.2. The van der Waals surface area contributed by atoms with Crippen molar-refractivity contribution in [3.8, 4) is 0 Å². The first-order valence-electron chi connectivity index (χ1n) is 5.74. The monoisotopic (exact) mass is 210 g/mol. The predicted octanol–water partition coefficient (Wildman–Crippen LogP) is 3.60. The average molecular weight is 210 g/mol. The highest BCUT2D eigenvalue weighted by molar-refractivity contribution is 6.05. The molecular formula is C14H14N2. The molecule has 0 bridgehead atoms. The number of nitrogens with zero attached hydrogens (tertiary/aromatic N) is 2. The van der Waals surface area contributed by atoms with E-state index < -0.39 is 0 Å². The van der Waals surface area contributed by atoms with Gasteiger partial charge in [0.25, 0.3) is 0 Å². The van der Waals surface area contributed by atoms with Gasteiger partial charge in [0.1, 0.15) is 0 Å². The topological polar surface area (TPSA) is 17.8 Å². The van der Waals surface area contributed by atoms with Gasteiger partial charge >= 0.3 is 0 Å². The normalized spacial score (nSPS) is 11.3. The highest BCUT2D eigenvalue weighted by Crippen LogP contribution is 2.26. The molecule has 2 heteroatoms. The van der Waals surface area contributed by atoms with Gasteiger partial charge in [0.15, 0.2) is 0 Å². The van der Waals surface area contributed by atoms with Crippen LogP contribution < -0.4 is 0 Å². The van der Waals surface area contributed by atoms with Gasteiger partial charge in [0.2, 0.25) is 0 Å². The van der Waals surface area contributed by atoms with Gasteiger partial charge in [-0.1, -0.05) is 25.1 Å². The maximum absolute atomic E-state index is 4.49. The van der Waals surface area contributed by atoms with Crippen molar-refractivity contribution in [3.05, 3.63) is 42.6 Å². The summed E-state index contributed by atoms with van der Waals surface area (Å²) in [5.41, 5.74) is 3.65. The molecule has 0 radical (unpaired) electrons. The molecular weight excluding hydrogens is 196 g/mol. The second-order valence-electron chi connectivity index (χ2n) is 4.04. The van der Waals surface area contributed by atoms with Gasteiger partial charge in [0.05, 0.1) is 16.6 Å². The van der Waals surface area contributed by atoms with Gasteiger partial charge in [-0.05, 0) is 24.6 Å². The molecule has 3 rings (SSSR count). The summed E-state index contributed by atoms with van der Waals surface area (Å²) in [7, 11) is 0. The third-order valence-corrected chi connectivity index (χ3v) is 2.97. The smallest absolute Gasteiger partial charge is 0.0959 e. The first kappa shape index (κ1) is 9.40. The number of rotatable bonds is 2. The maximum Gasteiger partial charge on any atom is 0.0959 e. The first-order valence-corrected chi connectivity index (χ1v) is 5.74. The van der Waals surface area contributed by atoms with Gasteiger partial charge in [-0.25, -0.2) is 0 Å². The molecule has 3 aromatic rings. The summed E-state index contributed by atoms with van der Waals surface area (Å²) in [6.45, 7) is 3.26. The predicted molar refractivity (Wildman–Crippen MR) is 67.5 cm³/mol. The molecule has 0 saturated carbocycles. The average Bonchev–Trinajstić information content (AvgIpc) is 2.66. The summed E-state index contributed by atoms with van der Waals surface area (Å²) in [5.74, 6) is 0. The molecule has 0 spiro atoms. The first-order chi connectivity index (χ1) is 7.92. The third-order valence-electron chi connectivity index (χ3n) is 2.97. The highest BCUT2D eigenvalue weighted by Gasteiger charge is 2.09. The zero-order valence-electron chi connectivity index (χ0n) is 9.35. The van der Waals surface area contributed by atoms with Gasteiger partial charge in [-0.15, -0.1) is 0 Å². The van der Waals surface area contributed by atoms with Crippen LogP contribution >= 0.6 is 0 Å². The van der Waals surface area contributed by atoms with Crippen LogP contribution in [0, 0.1) is 0 Å². The van der Waals surface area contributed by atoms with E-state index in [2.05, 4.69) is 46.8 Å². The molecule has 0 unspecified atom stereocenters. The Bertz CT molecular complexity index is 584. The Kier molecular flexibility index (Phi) is 2.13. The largest absolute Gasteiger partial charge is 0.339 e. The van der Waals surface area contributed by atoms with Gasteiger partial charge in [-0.2, -0.15) is 0 Å². The number of aryl methyl sites for hydroxylation is 1. The van der Waals surface area contributed by atoms with E-state index in [0.29, 0.717) is 0 Å². The fourth-order valence-corrected chi connectivity index (χ4v) is 2.33. The van der Waals surface area contributed by atoms with E-state index in [9.17, 15) is 0 Å². The summed E-state index contributed by atoms with van der Waals surface area (Å²) in [6.07, 6.45) is 3.01. The standard InChI is InChI=1S/C14H14N2/c1-2-10-16-12-7-4-3-6-11(12)14-13(16)8-5-9-15-14/h3-9H,2,10H2,1H3. The van der Waals surface area contributed by atoms with Crippen molar-refractivity contribution in [2.75, 3.05) is 0 Å². The molecule has 0 aliphatic rings. The molecule has 2 nitrogen and oxygen atoms in total. The molecule has 0 amide bonds. The molecule has 1 aromatic carbocycles. The molecule has 0 saturated heterocycles. The Morgan fingerprint density at radius 3 is 2.75 bits per heavy atom. The summed E-state index contributed by atoms with van der Waals surface area (Å²) in [4.78, 5) is 4.49. The van der Waals surface area contributed by atoms with Crippen molar-refractivity contribution in [3.63, 3.8) is 0 Å². The zero-order valence-corrected chi connectivity index (χ0v) is 9.35. The number of aromatic nitrogens is 2. The van der Waals surface area contributed by atoms with Crippen molar-refractivity contribution in [1.82, 2.24) is 9.55 Å². The molecule has 0 aliphatic heterocycles. The SMILES string of the molecule is CCCn1c2ccccc2c2ncccc21. The number of hydrogen-bond donors (Lipinski definition) is 0. The molecule has 0 fully saturated rings. The van der Waals surface area contributed by atoms with Crippen molar-refractivity contribution in [2.24, 2.45) is 0 Å². The van der Waals surface area contributed by atoms with Crippen LogP contribution in [0.2, 0.25) is 0 Å². The number of benzene rings is 1. The molecule has 0 N–H and O–H groups in total. The van der Waals surface area contributed by atoms with Crippen LogP contribution in [0.25, 0.3) is 21.9 Å². The lowest BCUT2D eigenvalue weighted by Crippen LogP contribution is -1.95. The molecule has 0 atom stereocenters. The zero-order chi connectivity index (χ0) is 11.0. The van der Waals surface area contributed by atoms with Crippen LogP contribution in [0.3, 0.4) is 0 Å². The Labute approximate surface area is 94.5 Å². The van der Waals surface area contributed by atoms with E-state index in [4.69, 9.17) is 0 Å². The number of pyridine rings is 1. The van der Waals surface area contributed by atoms with E-state index in [1.165, 1.54) is 16.4 Å². The molecule has 2 heterocycles. The van der Waals surface area contributed by atoms with E-state index in [1.54, 1.807) is 0 Å². The fourth-order valence-electron chi connectivity index (χ4n) is 2.33. The highest BCUT2D eigenvalue weighted by atomic mass is 15.0. The van der Waals surface area contributed by atoms with E-state index in [-0.39, 0.29) is 0 Å². The molecule has 16 heavy (non-hydrogen) atoms. The molecule has 80 valence electrons. The van der Waals surface area contributed by atoms with Crippen molar-refractivity contribution < 1.29 is 0 Å². The lowest BCUT2D eigenvalue weighted by Gasteiger charge is -2.03. The van der Waals surface area contributed by atoms with Crippen LogP contribution in [-0.4, -0.2) is 9.55 Å². The minimum Gasteiger partial charge on any atom is -0.339 e. The minimum absolute atomic E-state index is 1.05. The van der Waals surface area contributed by atoms with Crippen molar-refractivity contribution in [1.29, 1.82) is 0 Å². The summed E-state index contributed by atoms with van der Waals surface area (Å²) in [5, 5.41) is 1.26. The lowest BCUT2D eigenvalue weighted by molar-refractivity contribution is 0.723. The van der Waals surface area contributed by atoms with Gasteiger partial charge in [-0.3, -0.25) is 4.98 Å². The number of hydrogen-bond acceptors (Lipinski definition) is 1. The second-order valence-corrected chi connectivity index (χ2v) is 4.04. The second kappa shape index (κ2) is 3.63. The van der Waals surface area contributed by atoms with Crippen LogP contribution in [0.5, 0.6) is 0 Å². The quantitative estimate of drug-likeness (QED) is 0.632. The summed E-state index contributed by atoms with van der Waals surface area (Å²) >= 11 is 0. The van der Waals surface area contributed by atoms with E-state index >= 15 is 0 Å². The van der Waals surface area contributed by atoms with Crippen molar-refractivity contribution in [2.45, 2.75) is 19.9 Å². The Morgan fingerprint density at radius 2 is 1.88 bits per heavy atom. The van der Waals surface area contributed by atoms with Crippen LogP contribution in [-0.2, 0) is 6.54 Å². The number of fused-ring (bicyclic) bond motifs is 3. The Morgan fingerprint density at radius 1 is 1.06 bits per heavy atom. The summed E-state index contributed by atoms with van der Waals surface area (Å²) in [6, 6.07) is 12.6. The van der Waals surface area contributed by atoms with E-state index in [0.717, 1.165) is 18.5 Å².